The van der Waals surface area contributed by atoms with Gasteiger partial charge in [0.15, 0.2) is 0 Å². The van der Waals surface area contributed by atoms with Crippen LogP contribution in [0.25, 0.3) is 22.2 Å². The minimum atomic E-state index is -1.41. The van der Waals surface area contributed by atoms with Gasteiger partial charge in [0.05, 0.1) is 5.56 Å². The van der Waals surface area contributed by atoms with Gasteiger partial charge in [0.1, 0.15) is 13.7 Å². The SMILES string of the molecule is CCCCCCCC.CCCCCCCC.CN(C)c1ccc(-c2cnc3c(c2)c(C#C[Si](C)(C)C)cn3C)cc1.NF. The molecular formula is C37H63FN4Si. The Bertz CT molecular complexity index is 1140. The van der Waals surface area contributed by atoms with Gasteiger partial charge >= 0.3 is 0 Å². The molecule has 0 unspecified atom stereocenters. The number of nitrogens with zero attached hydrogens (tertiary/aromatic N) is 3. The number of hydrogen-bond acceptors (Lipinski definition) is 3. The van der Waals surface area contributed by atoms with E-state index in [1.807, 2.05) is 13.2 Å². The number of fused-ring (bicyclic) bond motifs is 1. The first kappa shape index (κ1) is 40.4. The molecule has 0 aliphatic heterocycles. The lowest BCUT2D eigenvalue weighted by molar-refractivity contribution is 0.530. The van der Waals surface area contributed by atoms with Crippen LogP contribution >= 0.6 is 0 Å². The van der Waals surface area contributed by atoms with Crippen molar-refractivity contribution in [3.63, 3.8) is 0 Å². The van der Waals surface area contributed by atoms with Crippen LogP contribution in [0, 0.1) is 11.5 Å². The third-order valence-corrected chi connectivity index (χ3v) is 7.89. The van der Waals surface area contributed by atoms with E-state index in [-0.39, 0.29) is 0 Å². The highest BCUT2D eigenvalue weighted by molar-refractivity contribution is 6.83. The van der Waals surface area contributed by atoms with Crippen molar-refractivity contribution in [3.05, 3.63) is 48.3 Å². The lowest BCUT2D eigenvalue weighted by atomic mass is 10.1. The molecule has 0 bridgehead atoms. The number of unbranched alkanes of at least 4 members (excludes halogenated alkanes) is 10. The largest absolute Gasteiger partial charge is 0.378 e. The summed E-state index contributed by atoms with van der Waals surface area (Å²) < 4.78 is 11.1. The summed E-state index contributed by atoms with van der Waals surface area (Å²) in [5.74, 6) is 6.40. The highest BCUT2D eigenvalue weighted by Crippen LogP contribution is 2.27. The van der Waals surface area contributed by atoms with E-state index in [0.29, 0.717) is 0 Å². The second-order valence-corrected chi connectivity index (χ2v) is 17.3. The first-order valence-corrected chi connectivity index (χ1v) is 20.1. The van der Waals surface area contributed by atoms with Gasteiger partial charge in [-0.2, -0.15) is 5.96 Å². The van der Waals surface area contributed by atoms with Crippen LogP contribution < -0.4 is 10.9 Å². The molecule has 0 amide bonds. The molecule has 2 N–H and O–H groups in total. The molecule has 3 aromatic rings. The maximum Gasteiger partial charge on any atom is 0.140 e. The van der Waals surface area contributed by atoms with Gasteiger partial charge in [-0.3, -0.25) is 0 Å². The molecule has 0 radical (unpaired) electrons. The van der Waals surface area contributed by atoms with Crippen molar-refractivity contribution in [1.82, 2.24) is 9.55 Å². The van der Waals surface area contributed by atoms with Gasteiger partial charge in [0.25, 0.3) is 0 Å². The second-order valence-electron chi connectivity index (χ2n) is 12.5. The maximum absolute atomic E-state index is 9.00. The standard InChI is InChI=1S/C21H25N3Si.2C8H18.FH2N/c1-23(2)19-9-7-16(8-10-19)18-13-20-17(11-12-25(4,5)6)15-24(3)21(20)22-14-18;2*1-3-5-7-8-6-4-2;1-2/h7-10,13-15H,1-6H3;2*3-8H2,1-2H3;2H2. The number of benzene rings is 1. The van der Waals surface area contributed by atoms with Gasteiger partial charge in [-0.15, -0.1) is 10.0 Å². The van der Waals surface area contributed by atoms with Gasteiger partial charge in [-0.25, -0.2) is 4.98 Å². The van der Waals surface area contributed by atoms with Crippen molar-refractivity contribution in [2.24, 2.45) is 13.0 Å². The molecule has 2 aromatic heterocycles. The van der Waals surface area contributed by atoms with Crippen molar-refractivity contribution < 1.29 is 4.48 Å². The second kappa shape index (κ2) is 23.8. The Kier molecular flexibility index (Phi) is 22.3. The molecule has 0 spiro atoms. The van der Waals surface area contributed by atoms with Crippen LogP contribution in [0.2, 0.25) is 19.6 Å². The third-order valence-electron chi connectivity index (χ3n) is 7.02. The zero-order valence-electron chi connectivity index (χ0n) is 29.3. The van der Waals surface area contributed by atoms with Gasteiger partial charge < -0.3 is 9.47 Å². The first-order valence-electron chi connectivity index (χ1n) is 16.6. The molecule has 0 saturated carbocycles. The van der Waals surface area contributed by atoms with Crippen LogP contribution in [0.3, 0.4) is 0 Å². The number of aryl methyl sites for hydroxylation is 1. The summed E-state index contributed by atoms with van der Waals surface area (Å²) in [4.78, 5) is 6.78. The van der Waals surface area contributed by atoms with Crippen molar-refractivity contribution >= 4 is 24.8 Å². The minimum Gasteiger partial charge on any atom is -0.378 e. The molecule has 1 aromatic carbocycles. The summed E-state index contributed by atoms with van der Waals surface area (Å²) in [5.41, 5.74) is 9.01. The molecule has 6 heteroatoms. The van der Waals surface area contributed by atoms with E-state index < -0.39 is 8.07 Å². The average Bonchev–Trinajstić information content (AvgIpc) is 3.32. The average molecular weight is 611 g/mol. The van der Waals surface area contributed by atoms with Crippen LogP contribution in [-0.4, -0.2) is 31.7 Å². The van der Waals surface area contributed by atoms with E-state index >= 15 is 0 Å². The normalized spacial score (nSPS) is 10.3. The Balaban J connectivity index is 0.000000808. The Labute approximate surface area is 265 Å². The maximum atomic E-state index is 9.00. The summed E-state index contributed by atoms with van der Waals surface area (Å²) in [6.07, 6.45) is 21.0. The number of hydrogen-bond donors (Lipinski definition) is 1. The first-order chi connectivity index (χ1) is 20.6. The lowest BCUT2D eigenvalue weighted by Gasteiger charge is -2.12. The van der Waals surface area contributed by atoms with E-state index in [0.717, 1.165) is 22.2 Å². The van der Waals surface area contributed by atoms with Crippen LogP contribution in [0.5, 0.6) is 0 Å². The fourth-order valence-electron chi connectivity index (χ4n) is 4.43. The molecular weight excluding hydrogens is 548 g/mol. The summed E-state index contributed by atoms with van der Waals surface area (Å²) in [5, 5.41) is 1.13. The topological polar surface area (TPSA) is 47.1 Å². The van der Waals surface area contributed by atoms with E-state index in [1.54, 1.807) is 0 Å². The fraction of sp³-hybridized carbons (Fsp3) is 0.595. The predicted molar refractivity (Wildman–Crippen MR) is 194 cm³/mol. The number of anilines is 1. The highest BCUT2D eigenvalue weighted by Gasteiger charge is 2.11. The third kappa shape index (κ3) is 17.3. The fourth-order valence-corrected chi connectivity index (χ4v) is 4.94. The van der Waals surface area contributed by atoms with Gasteiger partial charge in [0, 0.05) is 50.2 Å². The summed E-state index contributed by atoms with van der Waals surface area (Å²) in [6.45, 7) is 15.8. The molecule has 242 valence electrons. The Morgan fingerprint density at radius 1 is 0.767 bits per heavy atom. The number of aromatic nitrogens is 2. The molecule has 3 rings (SSSR count). The zero-order chi connectivity index (χ0) is 32.7. The quantitative estimate of drug-likeness (QED) is 0.0960. The molecule has 2 heterocycles. The van der Waals surface area contributed by atoms with E-state index in [1.165, 1.54) is 88.3 Å². The summed E-state index contributed by atoms with van der Waals surface area (Å²) >= 11 is 0. The summed E-state index contributed by atoms with van der Waals surface area (Å²) in [7, 11) is 4.72. The van der Waals surface area contributed by atoms with Crippen molar-refractivity contribution in [2.45, 2.75) is 124 Å². The molecule has 0 atom stereocenters. The highest BCUT2D eigenvalue weighted by atomic mass is 28.3. The van der Waals surface area contributed by atoms with Crippen molar-refractivity contribution in [1.29, 1.82) is 0 Å². The van der Waals surface area contributed by atoms with Crippen LogP contribution in [0.4, 0.5) is 10.2 Å². The molecule has 0 fully saturated rings. The van der Waals surface area contributed by atoms with E-state index in [9.17, 15) is 0 Å². The number of rotatable bonds is 12. The summed E-state index contributed by atoms with van der Waals surface area (Å²) in [6, 6.07) is 10.8. The van der Waals surface area contributed by atoms with Crippen LogP contribution in [0.1, 0.15) is 110 Å². The van der Waals surface area contributed by atoms with E-state index in [4.69, 9.17) is 4.48 Å². The molecule has 0 aliphatic rings. The minimum absolute atomic E-state index is 0.980. The zero-order valence-corrected chi connectivity index (χ0v) is 30.3. The van der Waals surface area contributed by atoms with Gasteiger partial charge in [-0.1, -0.05) is 142 Å². The Morgan fingerprint density at radius 2 is 1.23 bits per heavy atom. The number of halogens is 1. The smallest absolute Gasteiger partial charge is 0.140 e. The number of nitrogens with two attached hydrogens (primary N) is 1. The predicted octanol–water partition coefficient (Wildman–Crippen LogP) is 11.1. The lowest BCUT2D eigenvalue weighted by Crippen LogP contribution is -2.16. The van der Waals surface area contributed by atoms with E-state index in [2.05, 4.69) is 130 Å². The molecule has 0 aliphatic carbocycles. The van der Waals surface area contributed by atoms with Crippen LogP contribution in [-0.2, 0) is 7.05 Å². The van der Waals surface area contributed by atoms with Crippen LogP contribution in [0.15, 0.2) is 42.7 Å². The number of pyridine rings is 1. The molecule has 4 nitrogen and oxygen atoms in total. The Morgan fingerprint density at radius 3 is 1.63 bits per heavy atom. The van der Waals surface area contributed by atoms with Gasteiger partial charge in [0.2, 0.25) is 0 Å². The van der Waals surface area contributed by atoms with Crippen molar-refractivity contribution in [3.8, 4) is 22.6 Å². The van der Waals surface area contributed by atoms with Gasteiger partial charge in [-0.05, 0) is 23.8 Å². The molecule has 0 saturated heterocycles. The Hall–Kier alpha value is -2.62. The van der Waals surface area contributed by atoms with Crippen molar-refractivity contribution in [2.75, 3.05) is 19.0 Å². The monoisotopic (exact) mass is 610 g/mol. The molecule has 43 heavy (non-hydrogen) atoms.